The third-order valence-corrected chi connectivity index (χ3v) is 6.44. The molecule has 0 aliphatic carbocycles. The molecule has 0 spiro atoms. The van der Waals surface area contributed by atoms with Crippen molar-refractivity contribution >= 4 is 17.2 Å². The first-order valence-electron chi connectivity index (χ1n) is 9.05. The highest BCUT2D eigenvalue weighted by atomic mass is 32.1. The van der Waals surface area contributed by atoms with E-state index in [1.807, 2.05) is 36.2 Å². The van der Waals surface area contributed by atoms with E-state index < -0.39 is 0 Å². The van der Waals surface area contributed by atoms with Crippen LogP contribution in [0.5, 0.6) is 5.75 Å². The van der Waals surface area contributed by atoms with Crippen molar-refractivity contribution in [2.24, 2.45) is 5.92 Å². The van der Waals surface area contributed by atoms with E-state index in [4.69, 9.17) is 4.74 Å². The number of carbonyl (C=O) groups excluding carboxylic acids is 1. The van der Waals surface area contributed by atoms with Gasteiger partial charge in [-0.15, -0.1) is 11.3 Å². The highest BCUT2D eigenvalue weighted by molar-refractivity contribution is 7.17. The zero-order valence-electron chi connectivity index (χ0n) is 14.6. The fourth-order valence-electron chi connectivity index (χ4n) is 3.73. The number of likely N-dealkylation sites (tertiary alicyclic amines) is 1. The van der Waals surface area contributed by atoms with E-state index in [1.165, 1.54) is 11.3 Å². The first kappa shape index (κ1) is 16.6. The summed E-state index contributed by atoms with van der Waals surface area (Å²) in [6.45, 7) is 3.38. The molecule has 0 saturated carbocycles. The number of hydrogen-bond donors (Lipinski definition) is 1. The summed E-state index contributed by atoms with van der Waals surface area (Å²) in [5.74, 6) is 1.85. The molecule has 0 bridgehead atoms. The molecule has 0 radical (unpaired) electrons. The van der Waals surface area contributed by atoms with Crippen LogP contribution in [0.3, 0.4) is 0 Å². The van der Waals surface area contributed by atoms with Crippen molar-refractivity contribution in [3.05, 3.63) is 40.8 Å². The topological polar surface area (TPSA) is 41.6 Å². The molecule has 1 amide bonds. The van der Waals surface area contributed by atoms with Gasteiger partial charge in [-0.05, 0) is 57.0 Å². The number of benzene rings is 1. The molecule has 25 heavy (non-hydrogen) atoms. The van der Waals surface area contributed by atoms with Crippen LogP contribution in [0, 0.1) is 5.92 Å². The summed E-state index contributed by atoms with van der Waals surface area (Å²) in [6.07, 6.45) is 3.44. The lowest BCUT2D eigenvalue weighted by molar-refractivity contribution is 0.0692. The standard InChI is InChI=1S/C20H24N2O2S/c1-21-9-6-14-7-10-22(11-8-14)20(23)18-12-15-13-24-17-5-3-2-4-16(17)19(15)25-18/h2-5,12,14,21H,6-11,13H2,1H3. The first-order valence-corrected chi connectivity index (χ1v) is 9.86. The van der Waals surface area contributed by atoms with Crippen molar-refractivity contribution < 1.29 is 9.53 Å². The van der Waals surface area contributed by atoms with Gasteiger partial charge in [-0.1, -0.05) is 12.1 Å². The van der Waals surface area contributed by atoms with Crippen LogP contribution in [0.2, 0.25) is 0 Å². The van der Waals surface area contributed by atoms with E-state index in [0.29, 0.717) is 6.61 Å². The monoisotopic (exact) mass is 356 g/mol. The Morgan fingerprint density at radius 1 is 1.32 bits per heavy atom. The Balaban J connectivity index is 1.47. The number of amides is 1. The average Bonchev–Trinajstić information content (AvgIpc) is 3.11. The van der Waals surface area contributed by atoms with Gasteiger partial charge < -0.3 is 15.0 Å². The quantitative estimate of drug-likeness (QED) is 0.907. The van der Waals surface area contributed by atoms with E-state index in [9.17, 15) is 4.79 Å². The smallest absolute Gasteiger partial charge is 0.263 e. The molecule has 1 saturated heterocycles. The summed E-state index contributed by atoms with van der Waals surface area (Å²) >= 11 is 1.61. The van der Waals surface area contributed by atoms with E-state index in [-0.39, 0.29) is 5.91 Å². The van der Waals surface area contributed by atoms with Gasteiger partial charge in [-0.3, -0.25) is 4.79 Å². The van der Waals surface area contributed by atoms with Crippen molar-refractivity contribution in [2.75, 3.05) is 26.7 Å². The Bertz CT molecular complexity index is 763. The number of ether oxygens (including phenoxy) is 1. The van der Waals surface area contributed by atoms with E-state index in [1.54, 1.807) is 11.3 Å². The molecule has 4 nitrogen and oxygen atoms in total. The van der Waals surface area contributed by atoms with Gasteiger partial charge in [0.2, 0.25) is 0 Å². The molecular formula is C20H24N2O2S. The van der Waals surface area contributed by atoms with Gasteiger partial charge in [0, 0.05) is 29.1 Å². The van der Waals surface area contributed by atoms with E-state index in [0.717, 1.165) is 60.1 Å². The SMILES string of the molecule is CNCCC1CCN(C(=O)c2cc3c(s2)-c2ccccc2OC3)CC1. The molecular weight excluding hydrogens is 332 g/mol. The normalized spacial score (nSPS) is 16.9. The summed E-state index contributed by atoms with van der Waals surface area (Å²) in [7, 11) is 2.00. The van der Waals surface area contributed by atoms with E-state index >= 15 is 0 Å². The van der Waals surface area contributed by atoms with Crippen molar-refractivity contribution in [3.8, 4) is 16.2 Å². The number of piperidine rings is 1. The molecule has 2 aromatic rings. The fraction of sp³-hybridized carbons (Fsp3) is 0.450. The van der Waals surface area contributed by atoms with Crippen molar-refractivity contribution in [1.82, 2.24) is 10.2 Å². The van der Waals surface area contributed by atoms with Crippen molar-refractivity contribution in [1.29, 1.82) is 0 Å². The number of thiophene rings is 1. The predicted molar refractivity (Wildman–Crippen MR) is 101 cm³/mol. The van der Waals surface area contributed by atoms with Crippen molar-refractivity contribution in [2.45, 2.75) is 25.9 Å². The Morgan fingerprint density at radius 2 is 2.12 bits per heavy atom. The number of carbonyl (C=O) groups is 1. The van der Waals surface area contributed by atoms with Crippen LogP contribution in [0.15, 0.2) is 30.3 Å². The molecule has 1 aromatic carbocycles. The number of fused-ring (bicyclic) bond motifs is 3. The maximum Gasteiger partial charge on any atom is 0.263 e. The second-order valence-electron chi connectivity index (χ2n) is 6.88. The Labute approximate surface area is 152 Å². The predicted octanol–water partition coefficient (Wildman–Crippen LogP) is 3.77. The third-order valence-electron chi connectivity index (χ3n) is 5.24. The van der Waals surface area contributed by atoms with Crippen LogP contribution < -0.4 is 10.1 Å². The van der Waals surface area contributed by atoms with Crippen molar-refractivity contribution in [3.63, 3.8) is 0 Å². The minimum atomic E-state index is 0.184. The molecule has 3 heterocycles. The molecule has 1 aromatic heterocycles. The highest BCUT2D eigenvalue weighted by Crippen LogP contribution is 2.42. The summed E-state index contributed by atoms with van der Waals surface area (Å²) in [5.41, 5.74) is 2.24. The molecule has 0 unspecified atom stereocenters. The molecule has 1 fully saturated rings. The molecule has 0 atom stereocenters. The second-order valence-corrected chi connectivity index (χ2v) is 7.93. The van der Waals surface area contributed by atoms with Gasteiger partial charge >= 0.3 is 0 Å². The van der Waals surface area contributed by atoms with Crippen LogP contribution in [0.4, 0.5) is 0 Å². The molecule has 5 heteroatoms. The number of nitrogens with zero attached hydrogens (tertiary/aromatic N) is 1. The van der Waals surface area contributed by atoms with Crippen LogP contribution in [0.1, 0.15) is 34.5 Å². The van der Waals surface area contributed by atoms with Gasteiger partial charge in [0.15, 0.2) is 0 Å². The second kappa shape index (κ2) is 7.18. The zero-order valence-corrected chi connectivity index (χ0v) is 15.4. The molecule has 1 N–H and O–H groups in total. The van der Waals surface area contributed by atoms with Gasteiger partial charge in [0.25, 0.3) is 5.91 Å². The highest BCUT2D eigenvalue weighted by Gasteiger charge is 2.27. The Morgan fingerprint density at radius 3 is 2.92 bits per heavy atom. The first-order chi connectivity index (χ1) is 12.3. The lowest BCUT2D eigenvalue weighted by Gasteiger charge is -2.31. The summed E-state index contributed by atoms with van der Waals surface area (Å²) < 4.78 is 5.82. The van der Waals surface area contributed by atoms with Gasteiger partial charge in [-0.25, -0.2) is 0 Å². The molecule has 4 rings (SSSR count). The average molecular weight is 356 g/mol. The van der Waals surface area contributed by atoms with Gasteiger partial charge in [0.05, 0.1) is 4.88 Å². The summed E-state index contributed by atoms with van der Waals surface area (Å²) in [6, 6.07) is 10.1. The van der Waals surface area contributed by atoms with E-state index in [2.05, 4.69) is 11.4 Å². The number of nitrogens with one attached hydrogen (secondary N) is 1. The van der Waals surface area contributed by atoms with Gasteiger partial charge in [0.1, 0.15) is 12.4 Å². The van der Waals surface area contributed by atoms with Crippen LogP contribution >= 0.6 is 11.3 Å². The van der Waals surface area contributed by atoms with Crippen LogP contribution in [0.25, 0.3) is 10.4 Å². The molecule has 132 valence electrons. The van der Waals surface area contributed by atoms with Crippen LogP contribution in [-0.2, 0) is 6.61 Å². The van der Waals surface area contributed by atoms with Crippen LogP contribution in [-0.4, -0.2) is 37.5 Å². The fourth-order valence-corrected chi connectivity index (χ4v) is 4.90. The zero-order chi connectivity index (χ0) is 17.2. The summed E-state index contributed by atoms with van der Waals surface area (Å²) in [5, 5.41) is 3.22. The maximum atomic E-state index is 12.9. The Kier molecular flexibility index (Phi) is 4.77. The molecule has 2 aliphatic rings. The maximum absolute atomic E-state index is 12.9. The lowest BCUT2D eigenvalue weighted by atomic mass is 9.93. The number of rotatable bonds is 4. The Hall–Kier alpha value is -1.85. The number of para-hydroxylation sites is 1. The largest absolute Gasteiger partial charge is 0.488 e. The minimum Gasteiger partial charge on any atom is -0.488 e. The van der Waals surface area contributed by atoms with Gasteiger partial charge in [-0.2, -0.15) is 0 Å². The third kappa shape index (κ3) is 3.31. The molecule has 2 aliphatic heterocycles. The number of hydrogen-bond acceptors (Lipinski definition) is 4. The minimum absolute atomic E-state index is 0.184. The lowest BCUT2D eigenvalue weighted by Crippen LogP contribution is -2.38. The summed E-state index contributed by atoms with van der Waals surface area (Å²) in [4.78, 5) is 17.0.